The zero-order valence-corrected chi connectivity index (χ0v) is 19.8. The first-order chi connectivity index (χ1) is 15.9. The SMILES string of the molecule is CNS(=O)(=O)c1ccc(OC(F)(F)F)c(N)c1.COc1cc2ncnc(Cl)c2c(OC)c1OC. The molecule has 0 unspecified atom stereocenters. The number of ether oxygens (including phenoxy) is 4. The normalized spacial score (nSPS) is 11.4. The molecule has 0 fully saturated rings. The van der Waals surface area contributed by atoms with Crippen LogP contribution in [0.5, 0.6) is 23.0 Å². The number of nitrogens with two attached hydrogens (primary N) is 1. The summed E-state index contributed by atoms with van der Waals surface area (Å²) in [6, 6.07) is 4.41. The summed E-state index contributed by atoms with van der Waals surface area (Å²) in [4.78, 5) is 7.80. The molecule has 0 aliphatic rings. The first-order valence-electron chi connectivity index (χ1n) is 9.06. The summed E-state index contributed by atoms with van der Waals surface area (Å²) in [6.07, 6.45) is -3.49. The van der Waals surface area contributed by atoms with E-state index in [0.717, 1.165) is 18.2 Å². The van der Waals surface area contributed by atoms with E-state index in [4.69, 9.17) is 31.5 Å². The minimum Gasteiger partial charge on any atom is -0.493 e. The number of methoxy groups -OCH3 is 3. The van der Waals surface area contributed by atoms with Gasteiger partial charge >= 0.3 is 6.36 Å². The van der Waals surface area contributed by atoms with Crippen LogP contribution in [0, 0.1) is 0 Å². The molecule has 0 atom stereocenters. The minimum absolute atomic E-state index is 0.243. The summed E-state index contributed by atoms with van der Waals surface area (Å²) in [6.45, 7) is 0. The van der Waals surface area contributed by atoms with Crippen molar-refractivity contribution in [2.24, 2.45) is 0 Å². The van der Waals surface area contributed by atoms with E-state index < -0.39 is 27.8 Å². The number of halogens is 4. The van der Waals surface area contributed by atoms with Gasteiger partial charge in [0.15, 0.2) is 17.2 Å². The van der Waals surface area contributed by atoms with Gasteiger partial charge in [-0.2, -0.15) is 0 Å². The number of hydrogen-bond donors (Lipinski definition) is 2. The van der Waals surface area contributed by atoms with Gasteiger partial charge in [-0.1, -0.05) is 11.6 Å². The van der Waals surface area contributed by atoms with Crippen molar-refractivity contribution in [3.05, 3.63) is 35.7 Å². The van der Waals surface area contributed by atoms with Gasteiger partial charge in [-0.3, -0.25) is 0 Å². The van der Waals surface area contributed by atoms with Crippen LogP contribution in [-0.2, 0) is 10.0 Å². The zero-order valence-electron chi connectivity index (χ0n) is 18.2. The molecule has 2 aromatic carbocycles. The Bertz CT molecular complexity index is 1280. The average Bonchev–Trinajstić information content (AvgIpc) is 2.78. The molecule has 3 rings (SSSR count). The summed E-state index contributed by atoms with van der Waals surface area (Å²) < 4.78 is 79.8. The maximum absolute atomic E-state index is 11.9. The predicted molar refractivity (Wildman–Crippen MR) is 118 cm³/mol. The van der Waals surface area contributed by atoms with Crippen molar-refractivity contribution in [1.29, 1.82) is 0 Å². The maximum atomic E-state index is 11.9. The van der Waals surface area contributed by atoms with Crippen LogP contribution in [0.15, 0.2) is 35.5 Å². The second kappa shape index (κ2) is 10.8. The number of rotatable bonds is 6. The monoisotopic (exact) mass is 524 g/mol. The first kappa shape index (κ1) is 27.0. The maximum Gasteiger partial charge on any atom is 0.573 e. The van der Waals surface area contributed by atoms with E-state index in [-0.39, 0.29) is 4.90 Å². The van der Waals surface area contributed by atoms with Crippen LogP contribution in [0.3, 0.4) is 0 Å². The third-order valence-corrected chi connectivity index (χ3v) is 5.87. The average molecular weight is 525 g/mol. The van der Waals surface area contributed by atoms with Gasteiger partial charge in [-0.05, 0) is 25.2 Å². The summed E-state index contributed by atoms with van der Waals surface area (Å²) >= 11 is 6.04. The van der Waals surface area contributed by atoms with Crippen LogP contribution in [0.2, 0.25) is 5.15 Å². The number of hydrogen-bond acceptors (Lipinski definition) is 9. The molecular weight excluding hydrogens is 505 g/mol. The number of nitrogens with zero attached hydrogens (tertiary/aromatic N) is 2. The molecule has 0 saturated carbocycles. The van der Waals surface area contributed by atoms with E-state index in [9.17, 15) is 21.6 Å². The van der Waals surface area contributed by atoms with Crippen LogP contribution in [0.1, 0.15) is 0 Å². The molecule has 0 bridgehead atoms. The van der Waals surface area contributed by atoms with Crippen LogP contribution < -0.4 is 29.4 Å². The fourth-order valence-electron chi connectivity index (χ4n) is 2.68. The van der Waals surface area contributed by atoms with E-state index in [1.165, 1.54) is 27.6 Å². The topological polar surface area (TPSA) is 135 Å². The number of nitrogens with one attached hydrogen (secondary N) is 1. The highest BCUT2D eigenvalue weighted by atomic mass is 35.5. The van der Waals surface area contributed by atoms with Gasteiger partial charge in [0.05, 0.1) is 42.8 Å². The molecule has 34 heavy (non-hydrogen) atoms. The lowest BCUT2D eigenvalue weighted by Gasteiger charge is -2.14. The Kier molecular flexibility index (Phi) is 8.58. The van der Waals surface area contributed by atoms with E-state index >= 15 is 0 Å². The Balaban J connectivity index is 0.000000240. The third-order valence-electron chi connectivity index (χ3n) is 4.17. The largest absolute Gasteiger partial charge is 0.573 e. The highest BCUT2D eigenvalue weighted by molar-refractivity contribution is 7.89. The Morgan fingerprint density at radius 1 is 1.00 bits per heavy atom. The fourth-order valence-corrected chi connectivity index (χ4v) is 3.67. The molecule has 0 saturated heterocycles. The van der Waals surface area contributed by atoms with Gasteiger partial charge in [0.2, 0.25) is 15.8 Å². The standard InChI is InChI=1S/C11H11ClN2O3.C8H9F3N2O3S/c1-15-7-4-6-8(11(12)14-5-13-6)10(17-3)9(7)16-2;1-13-17(14,15)5-2-3-7(6(12)4-5)16-8(9,10)11/h4-5H,1-3H3;2-4,13H,12H2,1H3. The van der Waals surface area contributed by atoms with E-state index in [2.05, 4.69) is 14.7 Å². The molecule has 0 aliphatic heterocycles. The zero-order chi connectivity index (χ0) is 25.7. The molecule has 0 spiro atoms. The predicted octanol–water partition coefficient (Wildman–Crippen LogP) is 3.38. The van der Waals surface area contributed by atoms with Crippen molar-refractivity contribution in [2.45, 2.75) is 11.3 Å². The number of aromatic nitrogens is 2. The van der Waals surface area contributed by atoms with Crippen molar-refractivity contribution < 1.29 is 40.5 Å². The van der Waals surface area contributed by atoms with Crippen LogP contribution in [0.4, 0.5) is 18.9 Å². The quantitative estimate of drug-likeness (QED) is 0.367. The van der Waals surface area contributed by atoms with Crippen LogP contribution in [-0.4, -0.2) is 53.1 Å². The van der Waals surface area contributed by atoms with Gasteiger partial charge in [0, 0.05) is 6.07 Å². The van der Waals surface area contributed by atoms with Crippen LogP contribution in [0.25, 0.3) is 10.9 Å². The lowest BCUT2D eigenvalue weighted by Crippen LogP contribution is -2.20. The summed E-state index contributed by atoms with van der Waals surface area (Å²) in [5.41, 5.74) is 5.48. The Hall–Kier alpha value is -3.23. The molecule has 10 nitrogen and oxygen atoms in total. The molecule has 3 aromatic rings. The lowest BCUT2D eigenvalue weighted by molar-refractivity contribution is -0.274. The molecule has 1 heterocycles. The first-order valence-corrected chi connectivity index (χ1v) is 10.9. The minimum atomic E-state index is -4.88. The number of benzene rings is 2. The van der Waals surface area contributed by atoms with Gasteiger partial charge in [0.1, 0.15) is 11.5 Å². The number of fused-ring (bicyclic) bond motifs is 1. The second-order valence-electron chi connectivity index (χ2n) is 6.16. The molecule has 0 radical (unpaired) electrons. The lowest BCUT2D eigenvalue weighted by atomic mass is 10.2. The van der Waals surface area contributed by atoms with Crippen molar-refractivity contribution >= 4 is 38.2 Å². The van der Waals surface area contributed by atoms with E-state index in [0.29, 0.717) is 33.3 Å². The van der Waals surface area contributed by atoms with E-state index in [1.807, 2.05) is 4.72 Å². The van der Waals surface area contributed by atoms with Gasteiger partial charge in [0.25, 0.3) is 0 Å². The number of nitrogen functional groups attached to an aromatic ring is 1. The highest BCUT2D eigenvalue weighted by Crippen LogP contribution is 2.44. The van der Waals surface area contributed by atoms with Crippen LogP contribution >= 0.6 is 11.6 Å². The summed E-state index contributed by atoms with van der Waals surface area (Å²) in [5, 5.41) is 0.919. The molecule has 0 aliphatic carbocycles. The smallest absolute Gasteiger partial charge is 0.493 e. The van der Waals surface area contributed by atoms with Crippen molar-refractivity contribution in [3.8, 4) is 23.0 Å². The summed E-state index contributed by atoms with van der Waals surface area (Å²) in [7, 11) is 2.03. The van der Waals surface area contributed by atoms with Gasteiger partial charge in [-0.15, -0.1) is 13.2 Å². The Morgan fingerprint density at radius 2 is 1.65 bits per heavy atom. The van der Waals surface area contributed by atoms with Crippen molar-refractivity contribution in [2.75, 3.05) is 34.1 Å². The molecule has 1 aromatic heterocycles. The highest BCUT2D eigenvalue weighted by Gasteiger charge is 2.32. The number of alkyl halides is 3. The fraction of sp³-hybridized carbons (Fsp3) is 0.263. The summed E-state index contributed by atoms with van der Waals surface area (Å²) in [5.74, 6) is 0.825. The molecule has 3 N–H and O–H groups in total. The van der Waals surface area contributed by atoms with Gasteiger partial charge in [-0.25, -0.2) is 23.1 Å². The molecule has 186 valence electrons. The van der Waals surface area contributed by atoms with Crippen molar-refractivity contribution in [1.82, 2.24) is 14.7 Å². The Morgan fingerprint density at radius 3 is 2.15 bits per heavy atom. The molecule has 15 heteroatoms. The van der Waals surface area contributed by atoms with Gasteiger partial charge < -0.3 is 24.7 Å². The van der Waals surface area contributed by atoms with Crippen molar-refractivity contribution in [3.63, 3.8) is 0 Å². The second-order valence-corrected chi connectivity index (χ2v) is 8.40. The Labute approximate surface area is 197 Å². The number of anilines is 1. The number of sulfonamides is 1. The molecular formula is C19H20ClF3N4O6S. The molecule has 0 amide bonds. The van der Waals surface area contributed by atoms with E-state index in [1.54, 1.807) is 13.2 Å². The third kappa shape index (κ3) is 6.21.